The summed E-state index contributed by atoms with van der Waals surface area (Å²) in [6.07, 6.45) is 1.12. The highest BCUT2D eigenvalue weighted by Crippen LogP contribution is 2.24. The molecule has 6 nitrogen and oxygen atoms in total. The highest BCUT2D eigenvalue weighted by molar-refractivity contribution is 7.83. The Morgan fingerprint density at radius 2 is 1.82 bits per heavy atom. The van der Waals surface area contributed by atoms with Gasteiger partial charge in [0.05, 0.1) is 6.54 Å². The van der Waals surface area contributed by atoms with Crippen LogP contribution < -0.4 is 5.14 Å². The summed E-state index contributed by atoms with van der Waals surface area (Å²) >= 11 is 0. The first-order valence-corrected chi connectivity index (χ1v) is 8.89. The summed E-state index contributed by atoms with van der Waals surface area (Å²) in [7, 11) is -2.03. The lowest BCUT2D eigenvalue weighted by Crippen LogP contribution is -2.28. The monoisotopic (exact) mass is 329 g/mol. The Labute approximate surface area is 133 Å². The molecule has 1 atom stereocenters. The highest BCUT2D eigenvalue weighted by atomic mass is 32.2. The van der Waals surface area contributed by atoms with Gasteiger partial charge in [0.25, 0.3) is 0 Å². The Hall–Kier alpha value is -1.44. The van der Waals surface area contributed by atoms with Crippen LogP contribution in [0.1, 0.15) is 38.7 Å². The fourth-order valence-corrected chi connectivity index (χ4v) is 2.18. The van der Waals surface area contributed by atoms with Crippen molar-refractivity contribution >= 4 is 16.1 Å². The van der Waals surface area contributed by atoms with Gasteiger partial charge in [-0.2, -0.15) is 8.42 Å². The summed E-state index contributed by atoms with van der Waals surface area (Å²) in [5.41, 5.74) is 1.38. The molecule has 0 aromatic heterocycles. The van der Waals surface area contributed by atoms with Crippen LogP contribution in [0.3, 0.4) is 0 Å². The van der Waals surface area contributed by atoms with Crippen LogP contribution >= 0.6 is 0 Å². The fraction of sp³-hybridized carbons (Fsp3) is 0.533. The summed E-state index contributed by atoms with van der Waals surface area (Å²) in [4.78, 5) is 6.89. The Balaban J connectivity index is 0.000000540. The van der Waals surface area contributed by atoms with E-state index >= 15 is 0 Å². The van der Waals surface area contributed by atoms with Crippen LogP contribution in [0.25, 0.3) is 0 Å². The molecule has 0 radical (unpaired) electrons. The van der Waals surface area contributed by atoms with Gasteiger partial charge in [0.2, 0.25) is 0 Å². The van der Waals surface area contributed by atoms with Crippen LogP contribution in [0.5, 0.6) is 0 Å². The molecule has 0 saturated carbocycles. The number of hydrogen-bond acceptors (Lipinski definition) is 4. The van der Waals surface area contributed by atoms with E-state index in [1.807, 2.05) is 13.8 Å². The van der Waals surface area contributed by atoms with Crippen LogP contribution in [-0.2, 0) is 10.3 Å². The molecule has 0 bridgehead atoms. The third kappa shape index (κ3) is 8.11. The first-order valence-electron chi connectivity index (χ1n) is 7.38. The van der Waals surface area contributed by atoms with E-state index in [0.717, 1.165) is 19.5 Å². The third-order valence-electron chi connectivity index (χ3n) is 3.02. The van der Waals surface area contributed by atoms with Gasteiger partial charge >= 0.3 is 10.3 Å². The smallest absolute Gasteiger partial charge is 0.330 e. The number of aliphatic imine (C=N–C) groups is 1. The molecule has 1 aromatic carbocycles. The van der Waals surface area contributed by atoms with Crippen molar-refractivity contribution in [2.75, 3.05) is 20.1 Å². The van der Waals surface area contributed by atoms with Crippen molar-refractivity contribution < 1.29 is 13.0 Å². The Bertz CT molecular complexity index is 536. The van der Waals surface area contributed by atoms with Crippen LogP contribution in [0.4, 0.5) is 0 Å². The van der Waals surface area contributed by atoms with Crippen molar-refractivity contribution in [3.63, 3.8) is 0 Å². The average Bonchev–Trinajstić information content (AvgIpc) is 2.88. The van der Waals surface area contributed by atoms with Crippen molar-refractivity contribution in [1.82, 2.24) is 4.90 Å². The minimum absolute atomic E-state index is 0.471. The lowest BCUT2D eigenvalue weighted by molar-refractivity contribution is 0.485. The van der Waals surface area contributed by atoms with Gasteiger partial charge in [-0.15, -0.1) is 0 Å². The summed E-state index contributed by atoms with van der Waals surface area (Å²) in [5, 5.41) is 3.88. The second-order valence-corrected chi connectivity index (χ2v) is 5.58. The minimum atomic E-state index is -4.17. The molecule has 22 heavy (non-hydrogen) atoms. The van der Waals surface area contributed by atoms with E-state index in [1.165, 1.54) is 11.4 Å². The van der Waals surface area contributed by atoms with Gasteiger partial charge in [-0.3, -0.25) is 9.55 Å². The maximum absolute atomic E-state index is 8.97. The summed E-state index contributed by atoms with van der Waals surface area (Å²) in [5.74, 6) is 1.72. The standard InChI is InChI=1S/C13H18N2.C2H6.H3NO3S/c1-3-12(11-7-5-4-6-8-11)13-14-9-10-15(13)2;1-2;1-5(2,3)4/h4-8,12H,3,9-10H2,1-2H3;1-2H3;(H3,1,2,3,4). The average molecular weight is 329 g/mol. The molecule has 0 spiro atoms. The molecule has 0 amide bonds. The predicted octanol–water partition coefficient (Wildman–Crippen LogP) is 2.30. The van der Waals surface area contributed by atoms with Gasteiger partial charge < -0.3 is 4.90 Å². The Morgan fingerprint density at radius 1 is 1.32 bits per heavy atom. The third-order valence-corrected chi connectivity index (χ3v) is 3.02. The van der Waals surface area contributed by atoms with Crippen molar-refractivity contribution in [1.29, 1.82) is 0 Å². The second-order valence-electron chi connectivity index (χ2n) is 4.55. The van der Waals surface area contributed by atoms with Gasteiger partial charge in [-0.25, -0.2) is 5.14 Å². The maximum atomic E-state index is 8.97. The minimum Gasteiger partial charge on any atom is -0.361 e. The van der Waals surface area contributed by atoms with E-state index in [9.17, 15) is 0 Å². The Morgan fingerprint density at radius 3 is 2.18 bits per heavy atom. The zero-order chi connectivity index (χ0) is 17.2. The molecule has 7 heteroatoms. The molecule has 1 aromatic rings. The molecule has 1 aliphatic rings. The molecule has 126 valence electrons. The summed E-state index contributed by atoms with van der Waals surface area (Å²) in [6.45, 7) is 8.25. The topological polar surface area (TPSA) is 96.0 Å². The number of benzene rings is 1. The molecule has 0 fully saturated rings. The van der Waals surface area contributed by atoms with Crippen molar-refractivity contribution in [2.24, 2.45) is 10.1 Å². The lowest BCUT2D eigenvalue weighted by atomic mass is 9.95. The lowest BCUT2D eigenvalue weighted by Gasteiger charge is -2.22. The number of likely N-dealkylation sites (N-methyl/N-ethyl adjacent to an activating group) is 1. The van der Waals surface area contributed by atoms with Crippen molar-refractivity contribution in [3.05, 3.63) is 35.9 Å². The number of hydrogen-bond donors (Lipinski definition) is 2. The van der Waals surface area contributed by atoms with Crippen LogP contribution in [0.2, 0.25) is 0 Å². The van der Waals surface area contributed by atoms with E-state index in [0.29, 0.717) is 5.92 Å². The van der Waals surface area contributed by atoms with E-state index < -0.39 is 10.3 Å². The van der Waals surface area contributed by atoms with E-state index in [1.54, 1.807) is 0 Å². The first-order chi connectivity index (χ1) is 10.3. The Kier molecular flexibility index (Phi) is 9.64. The number of nitrogens with zero attached hydrogens (tertiary/aromatic N) is 2. The molecule has 0 saturated heterocycles. The molecule has 3 N–H and O–H groups in total. The quantitative estimate of drug-likeness (QED) is 0.832. The van der Waals surface area contributed by atoms with Gasteiger partial charge in [0.1, 0.15) is 5.84 Å². The summed E-state index contributed by atoms with van der Waals surface area (Å²) in [6, 6.07) is 10.7. The van der Waals surface area contributed by atoms with Crippen LogP contribution in [0, 0.1) is 0 Å². The number of amidine groups is 1. The zero-order valence-corrected chi connectivity index (χ0v) is 14.5. The van der Waals surface area contributed by atoms with Gasteiger partial charge in [-0.1, -0.05) is 51.1 Å². The second kappa shape index (κ2) is 10.3. The number of nitrogens with two attached hydrogens (primary N) is 1. The number of rotatable bonds is 3. The molecule has 1 unspecified atom stereocenters. The molecular formula is C15H27N3O3S. The van der Waals surface area contributed by atoms with Gasteiger partial charge in [0.15, 0.2) is 0 Å². The van der Waals surface area contributed by atoms with E-state index in [4.69, 9.17) is 13.0 Å². The predicted molar refractivity (Wildman–Crippen MR) is 91.5 cm³/mol. The fourth-order valence-electron chi connectivity index (χ4n) is 2.18. The SMILES string of the molecule is CC.CCC(C1=NCCN1C)c1ccccc1.NS(=O)(=O)O. The summed E-state index contributed by atoms with van der Waals surface area (Å²) < 4.78 is 25.2. The molecular weight excluding hydrogens is 302 g/mol. The molecule has 1 aliphatic heterocycles. The highest BCUT2D eigenvalue weighted by Gasteiger charge is 2.22. The van der Waals surface area contributed by atoms with Crippen LogP contribution in [0.15, 0.2) is 35.3 Å². The van der Waals surface area contributed by atoms with Crippen LogP contribution in [-0.4, -0.2) is 43.8 Å². The van der Waals surface area contributed by atoms with E-state index in [2.05, 4.69) is 59.3 Å². The zero-order valence-electron chi connectivity index (χ0n) is 13.7. The van der Waals surface area contributed by atoms with Gasteiger partial charge in [-0.05, 0) is 12.0 Å². The molecule has 1 heterocycles. The normalized spacial score (nSPS) is 15.0. The van der Waals surface area contributed by atoms with Crippen molar-refractivity contribution in [2.45, 2.75) is 33.1 Å². The first kappa shape index (κ1) is 20.6. The maximum Gasteiger partial charge on any atom is 0.330 e. The molecule has 0 aliphatic carbocycles. The largest absolute Gasteiger partial charge is 0.361 e. The van der Waals surface area contributed by atoms with Gasteiger partial charge in [0, 0.05) is 19.5 Å². The van der Waals surface area contributed by atoms with E-state index in [-0.39, 0.29) is 0 Å². The molecule has 2 rings (SSSR count). The van der Waals surface area contributed by atoms with Crippen molar-refractivity contribution in [3.8, 4) is 0 Å².